The van der Waals surface area contributed by atoms with Gasteiger partial charge in [-0.2, -0.15) is 0 Å². The largest absolute Gasteiger partial charge is 0.467 e. The van der Waals surface area contributed by atoms with E-state index in [0.29, 0.717) is 11.1 Å². The fraction of sp³-hybridized carbons (Fsp3) is 0.312. The van der Waals surface area contributed by atoms with E-state index in [1.165, 1.54) is 14.0 Å². The Morgan fingerprint density at radius 2 is 1.68 bits per heavy atom. The molecule has 6 heteroatoms. The van der Waals surface area contributed by atoms with Crippen LogP contribution in [0, 0.1) is 0 Å². The molecule has 1 aromatic carbocycles. The maximum Gasteiger partial charge on any atom is 0.328 e. The Balaban J connectivity index is 2.83. The number of benzene rings is 1. The molecule has 0 heterocycles. The lowest BCUT2D eigenvalue weighted by Gasteiger charge is -2.15. The highest BCUT2D eigenvalue weighted by Crippen LogP contribution is 2.05. The van der Waals surface area contributed by atoms with Crippen LogP contribution in [-0.4, -0.2) is 30.9 Å². The zero-order valence-corrected chi connectivity index (χ0v) is 13.1. The van der Waals surface area contributed by atoms with E-state index in [2.05, 4.69) is 15.4 Å². The monoisotopic (exact) mass is 304 g/mol. The SMILES string of the molecule is COC(=O)[C@H](C)NC(=O)C(NC(=O)c1ccccc1)=C(C)C. The van der Waals surface area contributed by atoms with Crippen LogP contribution in [0.1, 0.15) is 31.1 Å². The number of carbonyl (C=O) groups is 3. The van der Waals surface area contributed by atoms with E-state index in [9.17, 15) is 14.4 Å². The minimum atomic E-state index is -0.805. The Morgan fingerprint density at radius 1 is 1.09 bits per heavy atom. The van der Waals surface area contributed by atoms with E-state index < -0.39 is 23.8 Å². The number of methoxy groups -OCH3 is 1. The predicted octanol–water partition coefficient (Wildman–Crippen LogP) is 1.39. The van der Waals surface area contributed by atoms with Gasteiger partial charge in [0, 0.05) is 5.56 Å². The third-order valence-corrected chi connectivity index (χ3v) is 2.90. The highest BCUT2D eigenvalue weighted by atomic mass is 16.5. The van der Waals surface area contributed by atoms with Gasteiger partial charge in [0.05, 0.1) is 7.11 Å². The van der Waals surface area contributed by atoms with Crippen LogP contribution < -0.4 is 10.6 Å². The average Bonchev–Trinajstić information content (AvgIpc) is 2.51. The van der Waals surface area contributed by atoms with Gasteiger partial charge in [0.15, 0.2) is 0 Å². The number of allylic oxidation sites excluding steroid dienone is 1. The highest BCUT2D eigenvalue weighted by molar-refractivity contribution is 6.03. The van der Waals surface area contributed by atoms with E-state index in [1.54, 1.807) is 44.2 Å². The van der Waals surface area contributed by atoms with Crippen LogP contribution in [0.5, 0.6) is 0 Å². The van der Waals surface area contributed by atoms with Gasteiger partial charge in [-0.1, -0.05) is 18.2 Å². The second-order valence-corrected chi connectivity index (χ2v) is 4.91. The van der Waals surface area contributed by atoms with Crippen molar-refractivity contribution < 1.29 is 19.1 Å². The Hall–Kier alpha value is -2.63. The molecular formula is C16H20N2O4. The fourth-order valence-electron chi connectivity index (χ4n) is 1.69. The first-order valence-electron chi connectivity index (χ1n) is 6.79. The van der Waals surface area contributed by atoms with Crippen molar-refractivity contribution in [3.8, 4) is 0 Å². The summed E-state index contributed by atoms with van der Waals surface area (Å²) in [7, 11) is 1.24. The minimum Gasteiger partial charge on any atom is -0.467 e. The molecule has 118 valence electrons. The second kappa shape index (κ2) is 7.97. The predicted molar refractivity (Wildman–Crippen MR) is 81.9 cm³/mol. The quantitative estimate of drug-likeness (QED) is 0.636. The second-order valence-electron chi connectivity index (χ2n) is 4.91. The van der Waals surface area contributed by atoms with Crippen LogP contribution in [0.15, 0.2) is 41.6 Å². The summed E-state index contributed by atoms with van der Waals surface area (Å²) in [5, 5.41) is 5.05. The first-order valence-corrected chi connectivity index (χ1v) is 6.79. The molecule has 0 bridgehead atoms. The van der Waals surface area contributed by atoms with Gasteiger partial charge in [-0.05, 0) is 38.5 Å². The van der Waals surface area contributed by atoms with Crippen LogP contribution in [0.2, 0.25) is 0 Å². The summed E-state index contributed by atoms with van der Waals surface area (Å²) in [6.07, 6.45) is 0. The topological polar surface area (TPSA) is 84.5 Å². The number of hydrogen-bond donors (Lipinski definition) is 2. The highest BCUT2D eigenvalue weighted by Gasteiger charge is 2.21. The number of rotatable bonds is 5. The maximum absolute atomic E-state index is 12.2. The maximum atomic E-state index is 12.2. The summed E-state index contributed by atoms with van der Waals surface area (Å²) in [6, 6.07) is 7.75. The average molecular weight is 304 g/mol. The van der Waals surface area contributed by atoms with E-state index in [4.69, 9.17) is 0 Å². The van der Waals surface area contributed by atoms with Gasteiger partial charge in [0.1, 0.15) is 11.7 Å². The van der Waals surface area contributed by atoms with Crippen molar-refractivity contribution in [2.24, 2.45) is 0 Å². The molecule has 1 atom stereocenters. The van der Waals surface area contributed by atoms with Gasteiger partial charge in [-0.25, -0.2) is 4.79 Å². The molecule has 0 aliphatic carbocycles. The molecule has 2 amide bonds. The molecule has 0 aromatic heterocycles. The van der Waals surface area contributed by atoms with Gasteiger partial charge in [-0.15, -0.1) is 0 Å². The van der Waals surface area contributed by atoms with E-state index in [0.717, 1.165) is 0 Å². The van der Waals surface area contributed by atoms with Crippen molar-refractivity contribution in [2.75, 3.05) is 7.11 Å². The van der Waals surface area contributed by atoms with E-state index in [-0.39, 0.29) is 5.70 Å². The van der Waals surface area contributed by atoms with Gasteiger partial charge in [0.2, 0.25) is 0 Å². The summed E-state index contributed by atoms with van der Waals surface area (Å²) < 4.78 is 4.55. The van der Waals surface area contributed by atoms with Gasteiger partial charge >= 0.3 is 5.97 Å². The molecule has 0 aliphatic heterocycles. The first-order chi connectivity index (χ1) is 10.4. The lowest BCUT2D eigenvalue weighted by Crippen LogP contribution is -2.43. The fourth-order valence-corrected chi connectivity index (χ4v) is 1.69. The van der Waals surface area contributed by atoms with Gasteiger partial charge in [0.25, 0.3) is 11.8 Å². The Bertz CT molecular complexity index is 589. The molecule has 0 radical (unpaired) electrons. The lowest BCUT2D eigenvalue weighted by molar-refractivity contribution is -0.144. The molecule has 6 nitrogen and oxygen atoms in total. The van der Waals surface area contributed by atoms with Crippen LogP contribution in [0.3, 0.4) is 0 Å². The van der Waals surface area contributed by atoms with Crippen LogP contribution in [0.25, 0.3) is 0 Å². The number of hydrogen-bond acceptors (Lipinski definition) is 4. The van der Waals surface area contributed by atoms with Gasteiger partial charge < -0.3 is 15.4 Å². The molecule has 1 rings (SSSR count). The summed E-state index contributed by atoms with van der Waals surface area (Å²) >= 11 is 0. The molecule has 0 unspecified atom stereocenters. The number of carbonyl (C=O) groups excluding carboxylic acids is 3. The zero-order chi connectivity index (χ0) is 16.7. The van der Waals surface area contributed by atoms with Crippen molar-refractivity contribution >= 4 is 17.8 Å². The molecule has 1 aromatic rings. The molecule has 2 N–H and O–H groups in total. The van der Waals surface area contributed by atoms with Crippen molar-refractivity contribution in [2.45, 2.75) is 26.8 Å². The van der Waals surface area contributed by atoms with Crippen molar-refractivity contribution in [3.05, 3.63) is 47.2 Å². The molecule has 22 heavy (non-hydrogen) atoms. The molecule has 0 fully saturated rings. The Kier molecular flexibility index (Phi) is 6.31. The summed E-state index contributed by atoms with van der Waals surface area (Å²) in [5.41, 5.74) is 1.18. The Labute approximate surface area is 129 Å². The van der Waals surface area contributed by atoms with Crippen molar-refractivity contribution in [3.63, 3.8) is 0 Å². The van der Waals surface area contributed by atoms with Crippen molar-refractivity contribution in [1.82, 2.24) is 10.6 Å². The lowest BCUT2D eigenvalue weighted by atomic mass is 10.2. The first kappa shape index (κ1) is 17.4. The molecule has 0 spiro atoms. The van der Waals surface area contributed by atoms with Gasteiger partial charge in [-0.3, -0.25) is 9.59 Å². The standard InChI is InChI=1S/C16H20N2O4/c1-10(2)13(15(20)17-11(3)16(21)22-4)18-14(19)12-8-6-5-7-9-12/h5-9,11H,1-4H3,(H,17,20)(H,18,19)/t11-/m0/s1. The zero-order valence-electron chi connectivity index (χ0n) is 13.1. The number of esters is 1. The number of ether oxygens (including phenoxy) is 1. The Morgan fingerprint density at radius 3 is 2.18 bits per heavy atom. The van der Waals surface area contributed by atoms with Crippen LogP contribution in [-0.2, 0) is 14.3 Å². The summed E-state index contributed by atoms with van der Waals surface area (Å²) in [6.45, 7) is 4.90. The third-order valence-electron chi connectivity index (χ3n) is 2.90. The van der Waals surface area contributed by atoms with Crippen LogP contribution >= 0.6 is 0 Å². The summed E-state index contributed by atoms with van der Waals surface area (Å²) in [5.74, 6) is -1.49. The third kappa shape index (κ3) is 4.73. The number of amides is 2. The van der Waals surface area contributed by atoms with E-state index >= 15 is 0 Å². The smallest absolute Gasteiger partial charge is 0.328 e. The minimum absolute atomic E-state index is 0.115. The number of nitrogens with one attached hydrogen (secondary N) is 2. The normalized spacial score (nSPS) is 11.1. The molecular weight excluding hydrogens is 284 g/mol. The summed E-state index contributed by atoms with van der Waals surface area (Å²) in [4.78, 5) is 35.7. The van der Waals surface area contributed by atoms with E-state index in [1.807, 2.05) is 0 Å². The molecule has 0 aliphatic rings. The molecule has 0 saturated heterocycles. The van der Waals surface area contributed by atoms with Crippen LogP contribution in [0.4, 0.5) is 0 Å². The van der Waals surface area contributed by atoms with Crippen molar-refractivity contribution in [1.29, 1.82) is 0 Å². The molecule has 0 saturated carbocycles.